The first kappa shape index (κ1) is 19.9. The highest BCUT2D eigenvalue weighted by Gasteiger charge is 2.72. The van der Waals surface area contributed by atoms with Crippen molar-refractivity contribution in [3.05, 3.63) is 34.9 Å². The third kappa shape index (κ3) is 3.16. The number of hydrogen-bond acceptors (Lipinski definition) is 5. The van der Waals surface area contributed by atoms with Gasteiger partial charge < -0.3 is 15.0 Å². The largest absolute Gasteiger partial charge is 0.445 e. The average Bonchev–Trinajstić information content (AvgIpc) is 2.97. The van der Waals surface area contributed by atoms with Gasteiger partial charge in [-0.05, 0) is 42.9 Å². The number of nitrogens with one attached hydrogen (secondary N) is 2. The van der Waals surface area contributed by atoms with Crippen molar-refractivity contribution in [1.82, 2.24) is 15.5 Å². The second-order valence-electron chi connectivity index (χ2n) is 9.07. The van der Waals surface area contributed by atoms with Crippen molar-refractivity contribution in [2.24, 2.45) is 5.41 Å². The first-order chi connectivity index (χ1) is 14.7. The molecular formula is C21H21F2N3O5. The fourth-order valence-corrected chi connectivity index (χ4v) is 5.32. The van der Waals surface area contributed by atoms with Crippen LogP contribution in [-0.2, 0) is 27.5 Å². The normalized spacial score (nSPS) is 31.0. The molecule has 2 heterocycles. The van der Waals surface area contributed by atoms with E-state index >= 15 is 0 Å². The van der Waals surface area contributed by atoms with Gasteiger partial charge in [0.2, 0.25) is 18.2 Å². The van der Waals surface area contributed by atoms with Crippen molar-refractivity contribution in [2.45, 2.75) is 63.3 Å². The van der Waals surface area contributed by atoms with Crippen molar-refractivity contribution in [1.29, 1.82) is 0 Å². The third-order valence-electron chi connectivity index (χ3n) is 6.86. The molecule has 5 aliphatic rings. The molecule has 1 aromatic carbocycles. The van der Waals surface area contributed by atoms with Crippen LogP contribution < -0.4 is 10.6 Å². The van der Waals surface area contributed by atoms with E-state index < -0.39 is 35.4 Å². The number of fused-ring (bicyclic) bond motifs is 1. The first-order valence-corrected chi connectivity index (χ1v) is 10.2. The molecule has 1 aromatic rings. The number of carbonyl (C=O) groups is 4. The van der Waals surface area contributed by atoms with Crippen LogP contribution in [0.25, 0.3) is 0 Å². The van der Waals surface area contributed by atoms with Gasteiger partial charge in [-0.2, -0.15) is 0 Å². The molecular weight excluding hydrogens is 412 g/mol. The van der Waals surface area contributed by atoms with E-state index in [0.717, 1.165) is 5.56 Å². The number of hydrogen-bond donors (Lipinski definition) is 2. The van der Waals surface area contributed by atoms with Crippen molar-refractivity contribution >= 4 is 23.8 Å². The number of nitrogens with zero attached hydrogens (tertiary/aromatic N) is 1. The zero-order valence-corrected chi connectivity index (χ0v) is 16.6. The third-order valence-corrected chi connectivity index (χ3v) is 6.86. The zero-order chi connectivity index (χ0) is 22.0. The number of rotatable bonds is 5. The summed E-state index contributed by atoms with van der Waals surface area (Å²) in [4.78, 5) is 49.8. The van der Waals surface area contributed by atoms with E-state index in [-0.39, 0.29) is 57.1 Å². The predicted octanol–water partition coefficient (Wildman–Crippen LogP) is 1.86. The highest BCUT2D eigenvalue weighted by molar-refractivity contribution is 6.05. The lowest BCUT2D eigenvalue weighted by molar-refractivity contribution is -0.225. The van der Waals surface area contributed by atoms with Gasteiger partial charge in [0, 0.05) is 29.5 Å². The molecule has 8 nitrogen and oxygen atoms in total. The minimum absolute atomic E-state index is 0.0686. The van der Waals surface area contributed by atoms with Crippen LogP contribution in [0.5, 0.6) is 0 Å². The summed E-state index contributed by atoms with van der Waals surface area (Å²) in [7, 11) is 0. The van der Waals surface area contributed by atoms with E-state index in [9.17, 15) is 28.0 Å². The number of imide groups is 1. The number of alkyl halides is 2. The van der Waals surface area contributed by atoms with Gasteiger partial charge in [-0.3, -0.25) is 19.7 Å². The molecule has 2 bridgehead atoms. The Labute approximate surface area is 176 Å². The maximum atomic E-state index is 12.9. The lowest BCUT2D eigenvalue weighted by atomic mass is 9.39. The highest BCUT2D eigenvalue weighted by atomic mass is 19.3. The second kappa shape index (κ2) is 6.73. The number of alkyl carbamates (subject to hydrolysis) is 1. The van der Waals surface area contributed by atoms with Crippen LogP contribution in [0.2, 0.25) is 0 Å². The lowest BCUT2D eigenvalue weighted by Gasteiger charge is -2.69. The summed E-state index contributed by atoms with van der Waals surface area (Å²) in [5, 5.41) is 4.95. The molecule has 1 unspecified atom stereocenters. The van der Waals surface area contributed by atoms with Gasteiger partial charge in [0.1, 0.15) is 12.6 Å². The van der Waals surface area contributed by atoms with Gasteiger partial charge in [0.25, 0.3) is 5.91 Å². The van der Waals surface area contributed by atoms with E-state index in [1.807, 2.05) is 0 Å². The maximum Gasteiger partial charge on any atom is 0.407 e. The molecule has 4 fully saturated rings. The molecule has 0 spiro atoms. The van der Waals surface area contributed by atoms with Crippen molar-refractivity contribution < 1.29 is 32.7 Å². The summed E-state index contributed by atoms with van der Waals surface area (Å²) < 4.78 is 31.0. The molecule has 2 N–H and O–H groups in total. The standard InChI is InChI=1S/C21H21F2N3O5/c22-18(23)20-8-21(9-20,10-20)25-19(30)31-7-11-1-2-12-6-26(17(29)13(12)5-11)14-3-4-15(27)24-16(14)28/h1-2,5,14,18H,3-4,6-10H2,(H,25,30)(H,24,27,28). The topological polar surface area (TPSA) is 105 Å². The number of benzene rings is 1. The minimum atomic E-state index is -2.36. The Balaban J connectivity index is 1.17. The fraction of sp³-hybridized carbons (Fsp3) is 0.524. The Bertz CT molecular complexity index is 991. The molecule has 3 aliphatic carbocycles. The molecule has 3 saturated carbocycles. The van der Waals surface area contributed by atoms with Crippen LogP contribution in [-0.4, -0.2) is 46.7 Å². The second-order valence-corrected chi connectivity index (χ2v) is 9.07. The van der Waals surface area contributed by atoms with Crippen LogP contribution in [0.1, 0.15) is 53.6 Å². The summed E-state index contributed by atoms with van der Waals surface area (Å²) in [6.45, 7) is 0.206. The van der Waals surface area contributed by atoms with Crippen molar-refractivity contribution in [3.8, 4) is 0 Å². The van der Waals surface area contributed by atoms with Crippen LogP contribution in [0.4, 0.5) is 13.6 Å². The monoisotopic (exact) mass is 433 g/mol. The number of amides is 4. The van der Waals surface area contributed by atoms with Crippen molar-refractivity contribution in [3.63, 3.8) is 0 Å². The average molecular weight is 433 g/mol. The van der Waals surface area contributed by atoms with Gasteiger partial charge in [-0.1, -0.05) is 12.1 Å². The van der Waals surface area contributed by atoms with E-state index in [0.29, 0.717) is 11.1 Å². The number of halogens is 2. The Morgan fingerprint density at radius 3 is 2.68 bits per heavy atom. The van der Waals surface area contributed by atoms with Crippen LogP contribution in [0.15, 0.2) is 18.2 Å². The Morgan fingerprint density at radius 1 is 1.26 bits per heavy atom. The molecule has 6 rings (SSSR count). The smallest absolute Gasteiger partial charge is 0.407 e. The molecule has 164 valence electrons. The van der Waals surface area contributed by atoms with E-state index in [1.165, 1.54) is 4.90 Å². The molecule has 31 heavy (non-hydrogen) atoms. The van der Waals surface area contributed by atoms with Crippen LogP contribution in [0, 0.1) is 5.41 Å². The maximum absolute atomic E-state index is 12.9. The Kier molecular flexibility index (Phi) is 4.32. The SMILES string of the molecule is O=C1CCC(N2Cc3ccc(COC(=O)NC45CC(C(F)F)(C4)C5)cc3C2=O)C(=O)N1. The number of piperidine rings is 1. The number of carbonyl (C=O) groups excluding carboxylic acids is 4. The molecule has 1 saturated heterocycles. The molecule has 10 heteroatoms. The van der Waals surface area contributed by atoms with Crippen molar-refractivity contribution in [2.75, 3.05) is 0 Å². The summed E-state index contributed by atoms with van der Waals surface area (Å²) in [5.74, 6) is -1.12. The fourth-order valence-electron chi connectivity index (χ4n) is 5.32. The van der Waals surface area contributed by atoms with Gasteiger partial charge in [0.15, 0.2) is 0 Å². The Morgan fingerprint density at radius 2 is 2.00 bits per heavy atom. The van der Waals surface area contributed by atoms with Gasteiger partial charge >= 0.3 is 6.09 Å². The first-order valence-electron chi connectivity index (χ1n) is 10.2. The highest BCUT2D eigenvalue weighted by Crippen LogP contribution is 2.69. The van der Waals surface area contributed by atoms with E-state index in [2.05, 4.69) is 10.6 Å². The van der Waals surface area contributed by atoms with E-state index in [4.69, 9.17) is 4.74 Å². The summed E-state index contributed by atoms with van der Waals surface area (Å²) in [6, 6.07) is 4.43. The molecule has 0 aromatic heterocycles. The minimum Gasteiger partial charge on any atom is -0.445 e. The molecule has 0 radical (unpaired) electrons. The molecule has 1 atom stereocenters. The predicted molar refractivity (Wildman–Crippen MR) is 101 cm³/mol. The Hall–Kier alpha value is -3.04. The van der Waals surface area contributed by atoms with Gasteiger partial charge in [-0.15, -0.1) is 0 Å². The van der Waals surface area contributed by atoms with Crippen LogP contribution in [0.3, 0.4) is 0 Å². The summed E-state index contributed by atoms with van der Waals surface area (Å²) >= 11 is 0. The van der Waals surface area contributed by atoms with Crippen LogP contribution >= 0.6 is 0 Å². The quantitative estimate of drug-likeness (QED) is 0.690. The summed E-state index contributed by atoms with van der Waals surface area (Å²) in [5.41, 5.74) is 0.305. The van der Waals surface area contributed by atoms with Gasteiger partial charge in [0.05, 0.1) is 0 Å². The molecule has 2 aliphatic heterocycles. The van der Waals surface area contributed by atoms with Gasteiger partial charge in [-0.25, -0.2) is 13.6 Å². The number of ether oxygens (including phenoxy) is 1. The summed E-state index contributed by atoms with van der Waals surface area (Å²) in [6.07, 6.45) is -1.74. The lowest BCUT2D eigenvalue weighted by Crippen LogP contribution is -2.76. The zero-order valence-electron chi connectivity index (χ0n) is 16.6. The molecule has 4 amide bonds. The van der Waals surface area contributed by atoms with E-state index in [1.54, 1.807) is 18.2 Å².